The zero-order chi connectivity index (χ0) is 13.4. The van der Waals surface area contributed by atoms with Crippen molar-refractivity contribution in [3.63, 3.8) is 0 Å². The molecule has 0 saturated heterocycles. The van der Waals surface area contributed by atoms with Crippen molar-refractivity contribution in [3.05, 3.63) is 58.9 Å². The van der Waals surface area contributed by atoms with Gasteiger partial charge in [0.1, 0.15) is 0 Å². The van der Waals surface area contributed by atoms with E-state index < -0.39 is 11.7 Å². The Bertz CT molecular complexity index is 670. The number of fused-ring (bicyclic) bond motifs is 1. The van der Waals surface area contributed by atoms with E-state index in [9.17, 15) is 9.59 Å². The lowest BCUT2D eigenvalue weighted by molar-refractivity contribution is -0.114. The molecule has 0 spiro atoms. The zero-order valence-corrected chi connectivity index (χ0v) is 10.6. The third-order valence-electron chi connectivity index (χ3n) is 2.98. The van der Waals surface area contributed by atoms with E-state index in [4.69, 9.17) is 11.6 Å². The van der Waals surface area contributed by atoms with E-state index in [2.05, 4.69) is 4.98 Å². The number of rotatable bonds is 2. The van der Waals surface area contributed by atoms with Crippen LogP contribution < -0.4 is 4.90 Å². The lowest BCUT2D eigenvalue weighted by Crippen LogP contribution is -2.29. The summed E-state index contributed by atoms with van der Waals surface area (Å²) in [5.74, 6) is -1.06. The molecule has 0 N–H and O–H groups in total. The van der Waals surface area contributed by atoms with Gasteiger partial charge in [0.25, 0.3) is 11.7 Å². The van der Waals surface area contributed by atoms with Gasteiger partial charge in [0.15, 0.2) is 0 Å². The Morgan fingerprint density at radius 3 is 2.74 bits per heavy atom. The molecule has 1 aromatic carbocycles. The van der Waals surface area contributed by atoms with Gasteiger partial charge in [-0.2, -0.15) is 0 Å². The van der Waals surface area contributed by atoms with E-state index in [0.29, 0.717) is 16.3 Å². The molecule has 1 aliphatic heterocycles. The Labute approximate surface area is 114 Å². The summed E-state index contributed by atoms with van der Waals surface area (Å²) >= 11 is 5.85. The highest BCUT2D eigenvalue weighted by atomic mass is 35.5. The number of halogens is 1. The number of carbonyl (C=O) groups is 2. The number of carbonyl (C=O) groups excluding carboxylic acids is 2. The molecule has 5 heteroatoms. The average Bonchev–Trinajstić information content (AvgIpc) is 2.65. The highest BCUT2D eigenvalue weighted by Gasteiger charge is 2.35. The fourth-order valence-electron chi connectivity index (χ4n) is 2.08. The Morgan fingerprint density at radius 2 is 2.00 bits per heavy atom. The van der Waals surface area contributed by atoms with Crippen LogP contribution in [0.3, 0.4) is 0 Å². The van der Waals surface area contributed by atoms with Crippen LogP contribution in [0, 0.1) is 0 Å². The summed E-state index contributed by atoms with van der Waals surface area (Å²) in [6.07, 6.45) is 1.65. The van der Waals surface area contributed by atoms with E-state index in [-0.39, 0.29) is 6.54 Å². The zero-order valence-electron chi connectivity index (χ0n) is 9.84. The second-order valence-electron chi connectivity index (χ2n) is 4.20. The molecule has 0 radical (unpaired) electrons. The maximum atomic E-state index is 12.0. The SMILES string of the molecule is O=C1C(=O)N(Cc2ccccn2)c2ccc(Cl)cc21. The number of aromatic nitrogens is 1. The van der Waals surface area contributed by atoms with Crippen LogP contribution in [-0.4, -0.2) is 16.7 Å². The molecule has 0 unspecified atom stereocenters. The van der Waals surface area contributed by atoms with Crippen LogP contribution in [-0.2, 0) is 11.3 Å². The van der Waals surface area contributed by atoms with Gasteiger partial charge in [-0.15, -0.1) is 0 Å². The maximum Gasteiger partial charge on any atom is 0.299 e. The van der Waals surface area contributed by atoms with E-state index >= 15 is 0 Å². The molecule has 1 aliphatic rings. The van der Waals surface area contributed by atoms with E-state index in [0.717, 1.165) is 5.69 Å². The molecule has 19 heavy (non-hydrogen) atoms. The van der Waals surface area contributed by atoms with Gasteiger partial charge in [-0.3, -0.25) is 19.5 Å². The Hall–Kier alpha value is -2.20. The fraction of sp³-hybridized carbons (Fsp3) is 0.0714. The topological polar surface area (TPSA) is 50.3 Å². The molecule has 2 heterocycles. The molecule has 94 valence electrons. The lowest BCUT2D eigenvalue weighted by atomic mass is 10.1. The molecule has 1 aromatic heterocycles. The van der Waals surface area contributed by atoms with E-state index in [1.54, 1.807) is 24.4 Å². The molecule has 1 amide bonds. The molecule has 2 aromatic rings. The first kappa shape index (κ1) is 11.9. The molecular formula is C14H9ClN2O2. The number of amides is 1. The largest absolute Gasteiger partial charge is 0.299 e. The number of hydrogen-bond donors (Lipinski definition) is 0. The minimum atomic E-state index is -0.539. The standard InChI is InChI=1S/C14H9ClN2O2/c15-9-4-5-12-11(7-9)13(18)14(19)17(12)8-10-3-1-2-6-16-10/h1-7H,8H2. The quantitative estimate of drug-likeness (QED) is 0.789. The van der Waals surface area contributed by atoms with Crippen LogP contribution in [0.25, 0.3) is 0 Å². The van der Waals surface area contributed by atoms with Crippen molar-refractivity contribution in [2.75, 3.05) is 4.90 Å². The predicted molar refractivity (Wildman–Crippen MR) is 71.2 cm³/mol. The first-order chi connectivity index (χ1) is 9.16. The number of Topliss-reactive ketones (excluding diaryl/α,β-unsaturated/α-hetero) is 1. The fourth-order valence-corrected chi connectivity index (χ4v) is 2.26. The molecule has 0 atom stereocenters. The van der Waals surface area contributed by atoms with Crippen molar-refractivity contribution >= 4 is 29.0 Å². The number of ketones is 1. The molecule has 0 fully saturated rings. The highest BCUT2D eigenvalue weighted by molar-refractivity contribution is 6.52. The van der Waals surface area contributed by atoms with Crippen LogP contribution in [0.2, 0.25) is 5.02 Å². The van der Waals surface area contributed by atoms with Crippen molar-refractivity contribution in [2.24, 2.45) is 0 Å². The van der Waals surface area contributed by atoms with Crippen molar-refractivity contribution in [3.8, 4) is 0 Å². The normalized spacial score (nSPS) is 13.8. The number of hydrogen-bond acceptors (Lipinski definition) is 3. The van der Waals surface area contributed by atoms with Crippen LogP contribution in [0.15, 0.2) is 42.6 Å². The Kier molecular flexibility index (Phi) is 2.80. The number of benzene rings is 1. The summed E-state index contributed by atoms with van der Waals surface area (Å²) in [4.78, 5) is 29.5. The van der Waals surface area contributed by atoms with E-state index in [1.807, 2.05) is 12.1 Å². The van der Waals surface area contributed by atoms with Crippen LogP contribution in [0.5, 0.6) is 0 Å². The van der Waals surface area contributed by atoms with Crippen LogP contribution in [0.4, 0.5) is 5.69 Å². The van der Waals surface area contributed by atoms with E-state index in [1.165, 1.54) is 11.0 Å². The first-order valence-corrected chi connectivity index (χ1v) is 6.10. The summed E-state index contributed by atoms with van der Waals surface area (Å²) in [5, 5.41) is 0.444. The van der Waals surface area contributed by atoms with Gasteiger partial charge in [0.05, 0.1) is 23.5 Å². The summed E-state index contributed by atoms with van der Waals surface area (Å²) in [7, 11) is 0. The monoisotopic (exact) mass is 272 g/mol. The number of pyridine rings is 1. The summed E-state index contributed by atoms with van der Waals surface area (Å²) in [6, 6.07) is 10.3. The van der Waals surface area contributed by atoms with Gasteiger partial charge in [0, 0.05) is 11.2 Å². The van der Waals surface area contributed by atoms with Gasteiger partial charge in [-0.1, -0.05) is 17.7 Å². The predicted octanol–water partition coefficient (Wildman–Crippen LogP) is 2.46. The summed E-state index contributed by atoms with van der Waals surface area (Å²) in [6.45, 7) is 0.278. The smallest absolute Gasteiger partial charge is 0.299 e. The first-order valence-electron chi connectivity index (χ1n) is 5.72. The number of anilines is 1. The maximum absolute atomic E-state index is 12.0. The van der Waals surface area contributed by atoms with Crippen LogP contribution >= 0.6 is 11.6 Å². The van der Waals surface area contributed by atoms with Crippen molar-refractivity contribution in [1.82, 2.24) is 4.98 Å². The minimum absolute atomic E-state index is 0.278. The van der Waals surface area contributed by atoms with Crippen molar-refractivity contribution in [1.29, 1.82) is 0 Å². The summed E-state index contributed by atoms with van der Waals surface area (Å²) < 4.78 is 0. The lowest BCUT2D eigenvalue weighted by Gasteiger charge is -2.15. The third kappa shape index (κ3) is 2.00. The van der Waals surface area contributed by atoms with Gasteiger partial charge < -0.3 is 0 Å². The molecular weight excluding hydrogens is 264 g/mol. The summed E-state index contributed by atoms with van der Waals surface area (Å²) in [5.41, 5.74) is 1.67. The van der Waals surface area contributed by atoms with Gasteiger partial charge in [0.2, 0.25) is 0 Å². The van der Waals surface area contributed by atoms with Crippen molar-refractivity contribution < 1.29 is 9.59 Å². The molecule has 4 nitrogen and oxygen atoms in total. The highest BCUT2D eigenvalue weighted by Crippen LogP contribution is 2.32. The second-order valence-corrected chi connectivity index (χ2v) is 4.64. The van der Waals surface area contributed by atoms with Gasteiger partial charge >= 0.3 is 0 Å². The van der Waals surface area contributed by atoms with Crippen LogP contribution in [0.1, 0.15) is 16.1 Å². The minimum Gasteiger partial charge on any atom is -0.299 e. The van der Waals surface area contributed by atoms with Crippen molar-refractivity contribution in [2.45, 2.75) is 6.54 Å². The second kappa shape index (κ2) is 4.48. The van der Waals surface area contributed by atoms with Gasteiger partial charge in [-0.25, -0.2) is 0 Å². The molecule has 3 rings (SSSR count). The Morgan fingerprint density at radius 1 is 1.16 bits per heavy atom. The average molecular weight is 273 g/mol. The van der Waals surface area contributed by atoms with Gasteiger partial charge in [-0.05, 0) is 30.3 Å². The molecule has 0 bridgehead atoms. The molecule has 0 aliphatic carbocycles. The Balaban J connectivity index is 2.00. The number of nitrogens with zero attached hydrogens (tertiary/aromatic N) is 2. The third-order valence-corrected chi connectivity index (χ3v) is 3.21. The molecule has 0 saturated carbocycles.